The van der Waals surface area contributed by atoms with Crippen LogP contribution in [0.3, 0.4) is 0 Å². The van der Waals surface area contributed by atoms with Crippen LogP contribution in [-0.2, 0) is 11.3 Å². The van der Waals surface area contributed by atoms with E-state index in [1.807, 2.05) is 0 Å². The third-order valence-corrected chi connectivity index (χ3v) is 4.09. The van der Waals surface area contributed by atoms with Gasteiger partial charge in [-0.05, 0) is 44.5 Å². The number of nitrogens with zero attached hydrogens (tertiary/aromatic N) is 1. The van der Waals surface area contributed by atoms with Gasteiger partial charge in [0, 0.05) is 23.8 Å². The zero-order valence-corrected chi connectivity index (χ0v) is 13.5. The second-order valence-corrected chi connectivity index (χ2v) is 6.38. The number of morpholine rings is 1. The second kappa shape index (κ2) is 6.79. The molecule has 1 heterocycles. The Bertz CT molecular complexity index is 448. The summed E-state index contributed by atoms with van der Waals surface area (Å²) in [5, 5.41) is 4.23. The summed E-state index contributed by atoms with van der Waals surface area (Å²) in [7, 11) is 0. The highest BCUT2D eigenvalue weighted by atomic mass is 35.5. The Morgan fingerprint density at radius 1 is 1.40 bits per heavy atom. The second-order valence-electron chi connectivity index (χ2n) is 5.97. The molecule has 4 heteroatoms. The van der Waals surface area contributed by atoms with E-state index in [1.165, 1.54) is 5.69 Å². The van der Waals surface area contributed by atoms with Crippen molar-refractivity contribution in [3.05, 3.63) is 28.8 Å². The molecule has 1 aromatic carbocycles. The highest BCUT2D eigenvalue weighted by Gasteiger charge is 2.30. The summed E-state index contributed by atoms with van der Waals surface area (Å²) >= 11 is 6.42. The van der Waals surface area contributed by atoms with Crippen LogP contribution in [-0.4, -0.2) is 31.8 Å². The average Bonchev–Trinajstić information content (AvgIpc) is 2.40. The topological polar surface area (TPSA) is 24.5 Å². The first-order valence-corrected chi connectivity index (χ1v) is 7.77. The molecule has 0 radical (unpaired) electrons. The minimum atomic E-state index is 0.0174. The molecule has 2 rings (SSSR count). The number of ether oxygens (including phenoxy) is 1. The summed E-state index contributed by atoms with van der Waals surface area (Å²) in [5.74, 6) is 0. The first kappa shape index (κ1) is 15.6. The molecule has 112 valence electrons. The largest absolute Gasteiger partial charge is 0.377 e. The zero-order valence-electron chi connectivity index (χ0n) is 12.7. The van der Waals surface area contributed by atoms with Crippen LogP contribution in [0.25, 0.3) is 0 Å². The Balaban J connectivity index is 2.11. The van der Waals surface area contributed by atoms with E-state index in [4.69, 9.17) is 16.3 Å². The van der Waals surface area contributed by atoms with E-state index >= 15 is 0 Å². The maximum atomic E-state index is 6.42. The Hall–Kier alpha value is -0.770. The molecular formula is C16H25ClN2O. The predicted octanol–water partition coefficient (Wildman–Crippen LogP) is 3.45. The molecule has 1 aromatic rings. The van der Waals surface area contributed by atoms with Crippen molar-refractivity contribution in [2.75, 3.05) is 31.2 Å². The number of hydrogen-bond acceptors (Lipinski definition) is 3. The van der Waals surface area contributed by atoms with E-state index in [0.717, 1.165) is 49.9 Å². The molecule has 0 bridgehead atoms. The van der Waals surface area contributed by atoms with Gasteiger partial charge in [-0.1, -0.05) is 24.6 Å². The van der Waals surface area contributed by atoms with Crippen molar-refractivity contribution in [3.8, 4) is 0 Å². The van der Waals surface area contributed by atoms with Crippen LogP contribution in [0.2, 0.25) is 5.02 Å². The maximum absolute atomic E-state index is 6.42. The predicted molar refractivity (Wildman–Crippen MR) is 85.7 cm³/mol. The maximum Gasteiger partial charge on any atom is 0.0694 e. The molecule has 1 fully saturated rings. The normalized spacial score (nSPS) is 18.3. The molecule has 1 N–H and O–H groups in total. The summed E-state index contributed by atoms with van der Waals surface area (Å²) in [6.45, 7) is 10.9. The van der Waals surface area contributed by atoms with Crippen LogP contribution in [0.5, 0.6) is 0 Å². The molecule has 1 aliphatic heterocycles. The molecule has 0 saturated carbocycles. The summed E-state index contributed by atoms with van der Waals surface area (Å²) in [6, 6.07) is 6.38. The van der Waals surface area contributed by atoms with Crippen LogP contribution >= 0.6 is 11.6 Å². The van der Waals surface area contributed by atoms with Gasteiger partial charge in [0.25, 0.3) is 0 Å². The molecule has 0 unspecified atom stereocenters. The van der Waals surface area contributed by atoms with Gasteiger partial charge in [0.05, 0.1) is 18.8 Å². The van der Waals surface area contributed by atoms with Crippen LogP contribution in [0.4, 0.5) is 5.69 Å². The lowest BCUT2D eigenvalue weighted by Gasteiger charge is -2.44. The molecule has 0 amide bonds. The lowest BCUT2D eigenvalue weighted by atomic mass is 10.0. The molecule has 0 spiro atoms. The van der Waals surface area contributed by atoms with Crippen LogP contribution < -0.4 is 10.2 Å². The van der Waals surface area contributed by atoms with Gasteiger partial charge in [-0.2, -0.15) is 0 Å². The van der Waals surface area contributed by atoms with Crippen LogP contribution in [0.1, 0.15) is 32.8 Å². The summed E-state index contributed by atoms with van der Waals surface area (Å²) in [5.41, 5.74) is 2.36. The van der Waals surface area contributed by atoms with Gasteiger partial charge in [-0.3, -0.25) is 0 Å². The third-order valence-electron chi connectivity index (χ3n) is 3.74. The molecule has 0 atom stereocenters. The lowest BCUT2D eigenvalue weighted by molar-refractivity contribution is 0.0644. The monoisotopic (exact) mass is 296 g/mol. The van der Waals surface area contributed by atoms with Gasteiger partial charge in [0.2, 0.25) is 0 Å². The number of hydrogen-bond donors (Lipinski definition) is 1. The van der Waals surface area contributed by atoms with E-state index in [9.17, 15) is 0 Å². The standard InChI is InChI=1S/C16H25ClN2O/c1-4-7-18-11-13-5-6-14(10-15(13)17)19-8-9-20-12-16(19,2)3/h5-6,10,18H,4,7-9,11-12H2,1-3H3. The van der Waals surface area contributed by atoms with Crippen molar-refractivity contribution in [3.63, 3.8) is 0 Å². The highest BCUT2D eigenvalue weighted by Crippen LogP contribution is 2.30. The van der Waals surface area contributed by atoms with Crippen LogP contribution in [0, 0.1) is 0 Å². The molecule has 0 aliphatic carbocycles. The Morgan fingerprint density at radius 2 is 2.20 bits per heavy atom. The Morgan fingerprint density at radius 3 is 2.85 bits per heavy atom. The van der Waals surface area contributed by atoms with Gasteiger partial charge in [0.15, 0.2) is 0 Å². The number of anilines is 1. The highest BCUT2D eigenvalue weighted by molar-refractivity contribution is 6.31. The lowest BCUT2D eigenvalue weighted by Crippen LogP contribution is -2.53. The van der Waals surface area contributed by atoms with Crippen molar-refractivity contribution in [1.82, 2.24) is 5.32 Å². The average molecular weight is 297 g/mol. The zero-order chi connectivity index (χ0) is 14.6. The van der Waals surface area contributed by atoms with E-state index in [2.05, 4.69) is 49.2 Å². The van der Waals surface area contributed by atoms with Gasteiger partial charge in [0.1, 0.15) is 0 Å². The quantitative estimate of drug-likeness (QED) is 0.842. The number of benzene rings is 1. The minimum Gasteiger partial charge on any atom is -0.377 e. The molecular weight excluding hydrogens is 272 g/mol. The third kappa shape index (κ3) is 3.66. The minimum absolute atomic E-state index is 0.0174. The number of rotatable bonds is 5. The van der Waals surface area contributed by atoms with Crippen molar-refractivity contribution in [2.24, 2.45) is 0 Å². The van der Waals surface area contributed by atoms with Gasteiger partial charge >= 0.3 is 0 Å². The molecule has 0 aromatic heterocycles. The smallest absolute Gasteiger partial charge is 0.0694 e. The first-order chi connectivity index (χ1) is 9.54. The summed E-state index contributed by atoms with van der Waals surface area (Å²) in [4.78, 5) is 2.38. The fourth-order valence-electron chi connectivity index (χ4n) is 2.58. The fraction of sp³-hybridized carbons (Fsp3) is 0.625. The summed E-state index contributed by atoms with van der Waals surface area (Å²) < 4.78 is 5.57. The van der Waals surface area contributed by atoms with Gasteiger partial charge < -0.3 is 15.0 Å². The molecule has 3 nitrogen and oxygen atoms in total. The molecule has 20 heavy (non-hydrogen) atoms. The van der Waals surface area contributed by atoms with Crippen molar-refractivity contribution in [1.29, 1.82) is 0 Å². The SMILES string of the molecule is CCCNCc1ccc(N2CCOCC2(C)C)cc1Cl. The van der Waals surface area contributed by atoms with E-state index in [1.54, 1.807) is 0 Å². The van der Waals surface area contributed by atoms with Gasteiger partial charge in [-0.25, -0.2) is 0 Å². The Labute approximate surface area is 127 Å². The number of halogens is 1. The van der Waals surface area contributed by atoms with Gasteiger partial charge in [-0.15, -0.1) is 0 Å². The van der Waals surface area contributed by atoms with Crippen molar-refractivity contribution < 1.29 is 4.74 Å². The van der Waals surface area contributed by atoms with E-state index in [0.29, 0.717) is 0 Å². The fourth-order valence-corrected chi connectivity index (χ4v) is 2.83. The van der Waals surface area contributed by atoms with Crippen LogP contribution in [0.15, 0.2) is 18.2 Å². The van der Waals surface area contributed by atoms with Crippen molar-refractivity contribution >= 4 is 17.3 Å². The number of nitrogens with one attached hydrogen (secondary N) is 1. The first-order valence-electron chi connectivity index (χ1n) is 7.39. The summed E-state index contributed by atoms with van der Waals surface area (Å²) in [6.07, 6.45) is 1.14. The molecule has 1 saturated heterocycles. The van der Waals surface area contributed by atoms with E-state index in [-0.39, 0.29) is 5.54 Å². The molecule has 1 aliphatic rings. The van der Waals surface area contributed by atoms with Crippen molar-refractivity contribution in [2.45, 2.75) is 39.3 Å². The Kier molecular flexibility index (Phi) is 5.30. The van der Waals surface area contributed by atoms with E-state index < -0.39 is 0 Å².